The first-order valence-electron chi connectivity index (χ1n) is 40.4. The number of nitrogens with zero attached hydrogens (tertiary/aromatic N) is 5. The molecule has 1 aliphatic carbocycles. The average Bonchev–Trinajstić information content (AvgIpc) is 1.61. The number of carbonyl (C=O) groups excluding carboxylic acids is 9. The summed E-state index contributed by atoms with van der Waals surface area (Å²) < 4.78 is 73.9. The van der Waals surface area contributed by atoms with Gasteiger partial charge in [-0.1, -0.05) is 104 Å². The van der Waals surface area contributed by atoms with Crippen molar-refractivity contribution < 1.29 is 110 Å². The van der Waals surface area contributed by atoms with E-state index >= 15 is 0 Å². The highest BCUT2D eigenvalue weighted by molar-refractivity contribution is 6.08. The van der Waals surface area contributed by atoms with E-state index in [1.54, 1.807) is 67.6 Å². The summed E-state index contributed by atoms with van der Waals surface area (Å²) in [7, 11) is 2.96. The SMILES string of the molecule is COc1cc2c(cc1OCCCCCOc1cc3c(cc1OC)C(=O)N1C=C(C)C[C@H]1[C@H](O)N3C(=O)OCc1ccc(NC(=O)C(C)NC(=O)[C@@H](NC(=O)CCOCCOCCOCCOCCOCCOCCOCCOCCNC(=O)CCN3C(=O)CC(C4=C\C=C/C=C\C=C/C=C\C=C4)C3=O)C(C)C)cc1)N=C[C@@H]1CC(C)=CN1C2=O. The smallest absolute Gasteiger partial charge is 0.416 e. The number of aliphatic hydroxyl groups excluding tert-OH is 1. The Morgan fingerprint density at radius 2 is 1.09 bits per heavy atom. The molecule has 0 saturated carbocycles. The normalized spacial score (nSPS) is 19.0. The number of benzene rings is 3. The van der Waals surface area contributed by atoms with Gasteiger partial charge in [0.1, 0.15) is 18.7 Å². The molecule has 0 radical (unpaired) electrons. The molecule has 6 atom stereocenters. The first-order valence-corrected chi connectivity index (χ1v) is 40.4. The molecule has 9 amide bonds. The maximum absolute atomic E-state index is 14.3. The molecule has 119 heavy (non-hydrogen) atoms. The largest absolute Gasteiger partial charge is 0.493 e. The molecule has 3 aromatic carbocycles. The van der Waals surface area contributed by atoms with Gasteiger partial charge in [-0.05, 0) is 94.2 Å². The molecular formula is C87H113N9O23. The molecule has 9 rings (SSSR count). The Labute approximate surface area is 694 Å². The van der Waals surface area contributed by atoms with Gasteiger partial charge < -0.3 is 97.8 Å². The van der Waals surface area contributed by atoms with Gasteiger partial charge in [-0.25, -0.2) is 9.69 Å². The second kappa shape index (κ2) is 49.0. The van der Waals surface area contributed by atoms with Crippen LogP contribution in [0.25, 0.3) is 0 Å². The quantitative estimate of drug-likeness (QED) is 0.0261. The maximum atomic E-state index is 14.3. The van der Waals surface area contributed by atoms with Gasteiger partial charge in [0.25, 0.3) is 11.8 Å². The van der Waals surface area contributed by atoms with Gasteiger partial charge in [0.05, 0.1) is 174 Å². The summed E-state index contributed by atoms with van der Waals surface area (Å²) in [6, 6.07) is 9.92. The van der Waals surface area contributed by atoms with Crippen LogP contribution in [-0.4, -0.2) is 256 Å². The number of aliphatic hydroxyl groups is 1. The fourth-order valence-corrected chi connectivity index (χ4v) is 13.3. The minimum atomic E-state index is -1.53. The number of fused-ring (bicyclic) bond motifs is 4. The average molecular weight is 1650 g/mol. The monoisotopic (exact) mass is 1650 g/mol. The van der Waals surface area contributed by atoms with Gasteiger partial charge in [0.2, 0.25) is 35.4 Å². The topological polar surface area (TPSA) is 367 Å². The summed E-state index contributed by atoms with van der Waals surface area (Å²) in [5, 5.41) is 22.9. The van der Waals surface area contributed by atoms with Crippen LogP contribution < -0.4 is 45.1 Å². The number of hydrogen-bond donors (Lipinski definition) is 5. The van der Waals surface area contributed by atoms with E-state index < -0.39 is 60.0 Å². The number of likely N-dealkylation sites (tertiary alicyclic amines) is 1. The highest BCUT2D eigenvalue weighted by Gasteiger charge is 2.46. The molecule has 2 unspecified atom stereocenters. The summed E-state index contributed by atoms with van der Waals surface area (Å²) >= 11 is 0. The molecule has 1 fully saturated rings. The Bertz CT molecular complexity index is 4230. The van der Waals surface area contributed by atoms with Gasteiger partial charge in [-0.15, -0.1) is 0 Å². The molecule has 32 nitrogen and oxygen atoms in total. The number of amides is 9. The minimum Gasteiger partial charge on any atom is -0.493 e. The van der Waals surface area contributed by atoms with E-state index in [-0.39, 0.29) is 130 Å². The Kier molecular flexibility index (Phi) is 38.0. The zero-order valence-electron chi connectivity index (χ0n) is 68.9. The number of hydrogen-bond acceptors (Lipinski definition) is 24. The van der Waals surface area contributed by atoms with Crippen LogP contribution in [0.3, 0.4) is 0 Å². The van der Waals surface area contributed by atoms with E-state index in [1.807, 2.05) is 86.9 Å². The van der Waals surface area contributed by atoms with Gasteiger partial charge in [0, 0.05) is 68.8 Å². The number of ether oxygens (including phenoxy) is 13. The first-order chi connectivity index (χ1) is 57.7. The van der Waals surface area contributed by atoms with Gasteiger partial charge in [-0.2, -0.15) is 0 Å². The third-order valence-electron chi connectivity index (χ3n) is 19.7. The van der Waals surface area contributed by atoms with Crippen LogP contribution in [0.15, 0.2) is 149 Å². The van der Waals surface area contributed by atoms with Gasteiger partial charge in [0.15, 0.2) is 29.2 Å². The second-order valence-corrected chi connectivity index (χ2v) is 29.0. The molecule has 1 saturated heterocycles. The number of nitrogens with one attached hydrogen (secondary N) is 4. The lowest BCUT2D eigenvalue weighted by molar-refractivity contribution is -0.139. The molecule has 0 bridgehead atoms. The number of methoxy groups -OCH3 is 2. The maximum Gasteiger partial charge on any atom is 0.416 e. The van der Waals surface area contributed by atoms with Crippen LogP contribution in [-0.2, 0) is 78.0 Å². The third kappa shape index (κ3) is 28.5. The number of allylic oxidation sites excluding steroid dienone is 11. The fraction of sp³-hybridized carbons (Fsp3) is 0.494. The fourth-order valence-electron chi connectivity index (χ4n) is 13.3. The van der Waals surface area contributed by atoms with Crippen molar-refractivity contribution in [2.45, 2.75) is 123 Å². The van der Waals surface area contributed by atoms with Crippen LogP contribution in [0.1, 0.15) is 112 Å². The van der Waals surface area contributed by atoms with Crippen LogP contribution in [0.4, 0.5) is 21.9 Å². The van der Waals surface area contributed by atoms with E-state index in [2.05, 4.69) is 26.3 Å². The predicted molar refractivity (Wildman–Crippen MR) is 441 cm³/mol. The number of rotatable bonds is 49. The predicted octanol–water partition coefficient (Wildman–Crippen LogP) is 8.47. The number of imide groups is 1. The zero-order valence-corrected chi connectivity index (χ0v) is 68.9. The van der Waals surface area contributed by atoms with Crippen molar-refractivity contribution in [2.75, 3.05) is 156 Å². The van der Waals surface area contributed by atoms with Crippen molar-refractivity contribution in [3.8, 4) is 23.0 Å². The Morgan fingerprint density at radius 1 is 0.555 bits per heavy atom. The molecule has 3 aromatic rings. The number of carbonyl (C=O) groups is 9. The van der Waals surface area contributed by atoms with Crippen molar-refractivity contribution >= 4 is 76.6 Å². The summed E-state index contributed by atoms with van der Waals surface area (Å²) in [4.78, 5) is 130. The lowest BCUT2D eigenvalue weighted by atomic mass is 9.96. The van der Waals surface area contributed by atoms with E-state index in [1.165, 1.54) is 43.1 Å². The number of anilines is 2. The molecule has 644 valence electrons. The highest BCUT2D eigenvalue weighted by atomic mass is 16.6. The van der Waals surface area contributed by atoms with Gasteiger partial charge in [-0.3, -0.25) is 48.2 Å². The summed E-state index contributed by atoms with van der Waals surface area (Å²) in [5.41, 5.74) is 4.63. The van der Waals surface area contributed by atoms with Crippen molar-refractivity contribution in [3.63, 3.8) is 0 Å². The number of aliphatic imine (C=N–C) groups is 1. The van der Waals surface area contributed by atoms with E-state index in [4.69, 9.17) is 61.6 Å². The molecule has 5 N–H and O–H groups in total. The molecule has 32 heteroatoms. The highest BCUT2D eigenvalue weighted by Crippen LogP contribution is 2.43. The van der Waals surface area contributed by atoms with E-state index in [0.717, 1.165) is 28.0 Å². The molecule has 5 heterocycles. The molecule has 6 aliphatic rings. The summed E-state index contributed by atoms with van der Waals surface area (Å²) in [6.07, 6.45) is 26.3. The Morgan fingerprint density at radius 3 is 1.69 bits per heavy atom. The molecule has 5 aliphatic heterocycles. The molecule has 0 aromatic heterocycles. The van der Waals surface area contributed by atoms with E-state index in [0.29, 0.717) is 146 Å². The zero-order chi connectivity index (χ0) is 84.8. The number of unbranched alkanes of at least 4 members (excludes halogenated alkanes) is 2. The van der Waals surface area contributed by atoms with Crippen LogP contribution >= 0.6 is 0 Å². The van der Waals surface area contributed by atoms with Crippen molar-refractivity contribution in [1.29, 1.82) is 0 Å². The van der Waals surface area contributed by atoms with Crippen molar-refractivity contribution in [3.05, 3.63) is 161 Å². The van der Waals surface area contributed by atoms with E-state index in [9.17, 15) is 48.3 Å². The lowest BCUT2D eigenvalue weighted by Gasteiger charge is -2.31. The van der Waals surface area contributed by atoms with Crippen LogP contribution in [0.2, 0.25) is 0 Å². The third-order valence-corrected chi connectivity index (χ3v) is 19.7. The Balaban J connectivity index is 0.564. The molecular weight excluding hydrogens is 1540 g/mol. The summed E-state index contributed by atoms with van der Waals surface area (Å²) in [5.74, 6) is -2.57. The second-order valence-electron chi connectivity index (χ2n) is 29.0. The van der Waals surface area contributed by atoms with Crippen LogP contribution in [0, 0.1) is 11.8 Å². The lowest BCUT2D eigenvalue weighted by Crippen LogP contribution is -2.53. The van der Waals surface area contributed by atoms with Crippen LogP contribution in [0.5, 0.6) is 23.0 Å². The van der Waals surface area contributed by atoms with Crippen molar-refractivity contribution in [2.24, 2.45) is 16.8 Å². The first kappa shape index (κ1) is 92.2. The minimum absolute atomic E-state index is 0.00422. The van der Waals surface area contributed by atoms with Crippen molar-refractivity contribution in [1.82, 2.24) is 30.7 Å². The van der Waals surface area contributed by atoms with Gasteiger partial charge >= 0.3 is 6.09 Å². The standard InChI is InChI=1S/C87H113N9O23/c1-59(2)80(92-78(98)27-32-109-34-36-111-38-40-113-42-44-115-46-47-116-45-43-114-41-39-112-37-35-110-33-28-88-77(97)26-29-93-79(99)52-67(83(93)102)64-20-16-13-11-9-8-10-12-14-17-21-64)82(101)90-62(5)81(100)91-65-24-22-63(23-25-65)58-119-87(106)96-71-54-76(74(108-7)51-69(71)85(104)95-57-61(4)49-72(95)86(96)105)118-31-19-15-18-30-117-75-53-70-68(50-73(75)107-6)84(103)94-56-60(3)48-66(94)55-89-70/h8-14,16-17,20-25,50-51,53-57,59,62,66-67,72,80,86,105H,15,18-19,26-49,52,58H2,1-7H3,(H,88,97)(H,90,101)(H,91,100)(H,92,98)/b9-8-,10-8?,11-9?,12-10-,13-11-,14-12?,16-13?,17-14-,20-16?,21-17?,64-20?,64-21?/t62?,66-,67?,72-,80-,86-/m0/s1. The Hall–Kier alpha value is -10.7. The summed E-state index contributed by atoms with van der Waals surface area (Å²) in [6.45, 7) is 14.8. The molecule has 0 spiro atoms.